The van der Waals surface area contributed by atoms with Crippen molar-refractivity contribution in [2.45, 2.75) is 44.4 Å². The summed E-state index contributed by atoms with van der Waals surface area (Å²) in [6, 6.07) is 0.342. The zero-order valence-electron chi connectivity index (χ0n) is 15.0. The minimum atomic E-state index is -1.72. The molecule has 8 nitrogen and oxygen atoms in total. The fourth-order valence-corrected chi connectivity index (χ4v) is 3.11. The van der Waals surface area contributed by atoms with Gasteiger partial charge in [-0.25, -0.2) is 13.6 Å². The van der Waals surface area contributed by atoms with E-state index in [0.717, 1.165) is 11.0 Å². The second-order valence-electron chi connectivity index (χ2n) is 7.54. The Kier molecular flexibility index (Phi) is 4.24. The van der Waals surface area contributed by atoms with E-state index < -0.39 is 46.8 Å². The normalized spacial score (nSPS) is 24.3. The second-order valence-corrected chi connectivity index (χ2v) is 7.54. The SMILES string of the molecule is CC(C)(C)OC(=O)N1C[C@@]2(C[C@H]1C(N)=O)Oc1cc(F)cc(F)c1NC2=O. The number of hydrogen-bond acceptors (Lipinski definition) is 5. The Balaban J connectivity index is 1.95. The number of primary amides is 1. The van der Waals surface area contributed by atoms with E-state index in [-0.39, 0.29) is 24.4 Å². The number of carbonyl (C=O) groups excluding carboxylic acids is 3. The lowest BCUT2D eigenvalue weighted by molar-refractivity contribution is -0.131. The third-order valence-corrected chi connectivity index (χ3v) is 4.26. The fraction of sp³-hybridized carbons (Fsp3) is 0.471. The fourth-order valence-electron chi connectivity index (χ4n) is 3.11. The molecular weight excluding hydrogens is 364 g/mol. The molecule has 3 rings (SSSR count). The van der Waals surface area contributed by atoms with Gasteiger partial charge in [0.2, 0.25) is 11.5 Å². The summed E-state index contributed by atoms with van der Waals surface area (Å²) in [6.45, 7) is 4.56. The molecule has 3 N–H and O–H groups in total. The summed E-state index contributed by atoms with van der Waals surface area (Å²) in [7, 11) is 0. The Hall–Kier alpha value is -2.91. The van der Waals surface area contributed by atoms with Crippen LogP contribution in [0.4, 0.5) is 19.3 Å². The molecule has 1 fully saturated rings. The van der Waals surface area contributed by atoms with Crippen molar-refractivity contribution in [2.75, 3.05) is 11.9 Å². The molecule has 146 valence electrons. The van der Waals surface area contributed by atoms with Crippen molar-refractivity contribution in [1.82, 2.24) is 4.90 Å². The van der Waals surface area contributed by atoms with Crippen molar-refractivity contribution in [3.05, 3.63) is 23.8 Å². The number of rotatable bonds is 1. The van der Waals surface area contributed by atoms with Crippen molar-refractivity contribution in [3.63, 3.8) is 0 Å². The molecule has 1 aromatic carbocycles. The van der Waals surface area contributed by atoms with Gasteiger partial charge in [0.15, 0.2) is 11.6 Å². The lowest BCUT2D eigenvalue weighted by atomic mass is 9.96. The van der Waals surface area contributed by atoms with Crippen LogP contribution in [0.25, 0.3) is 0 Å². The highest BCUT2D eigenvalue weighted by atomic mass is 19.1. The maximum Gasteiger partial charge on any atom is 0.411 e. The molecule has 0 bridgehead atoms. The summed E-state index contributed by atoms with van der Waals surface area (Å²) in [4.78, 5) is 37.9. The molecule has 1 spiro atoms. The summed E-state index contributed by atoms with van der Waals surface area (Å²) in [5.74, 6) is -3.75. The molecule has 0 radical (unpaired) electrons. The van der Waals surface area contributed by atoms with Crippen LogP contribution >= 0.6 is 0 Å². The predicted octanol–water partition coefficient (Wildman–Crippen LogP) is 1.53. The Morgan fingerprint density at radius 2 is 2.04 bits per heavy atom. The van der Waals surface area contributed by atoms with Crippen LogP contribution in [0.1, 0.15) is 27.2 Å². The van der Waals surface area contributed by atoms with Gasteiger partial charge in [-0.3, -0.25) is 14.5 Å². The van der Waals surface area contributed by atoms with E-state index in [2.05, 4.69) is 5.32 Å². The number of nitrogens with zero attached hydrogens (tertiary/aromatic N) is 1. The van der Waals surface area contributed by atoms with Crippen molar-refractivity contribution < 1.29 is 32.6 Å². The van der Waals surface area contributed by atoms with E-state index in [1.165, 1.54) is 0 Å². The third-order valence-electron chi connectivity index (χ3n) is 4.26. The van der Waals surface area contributed by atoms with Gasteiger partial charge < -0.3 is 20.5 Å². The number of amides is 3. The number of nitrogens with one attached hydrogen (secondary N) is 1. The molecule has 1 saturated heterocycles. The van der Waals surface area contributed by atoms with Crippen LogP contribution in [0.3, 0.4) is 0 Å². The summed E-state index contributed by atoms with van der Waals surface area (Å²) in [5.41, 5.74) is 2.50. The highest BCUT2D eigenvalue weighted by molar-refractivity contribution is 6.03. The van der Waals surface area contributed by atoms with Crippen LogP contribution in [0.5, 0.6) is 5.75 Å². The minimum absolute atomic E-state index is 0.235. The number of anilines is 1. The maximum atomic E-state index is 13.9. The second kappa shape index (κ2) is 6.07. The molecule has 1 aromatic rings. The van der Waals surface area contributed by atoms with Crippen LogP contribution in [0.2, 0.25) is 0 Å². The topological polar surface area (TPSA) is 111 Å². The van der Waals surface area contributed by atoms with Crippen LogP contribution < -0.4 is 15.8 Å². The number of fused-ring (bicyclic) bond motifs is 1. The monoisotopic (exact) mass is 383 g/mol. The smallest absolute Gasteiger partial charge is 0.411 e. The molecule has 3 amide bonds. The van der Waals surface area contributed by atoms with Crippen LogP contribution in [0.15, 0.2) is 12.1 Å². The van der Waals surface area contributed by atoms with Crippen molar-refractivity contribution in [2.24, 2.45) is 5.73 Å². The van der Waals surface area contributed by atoms with E-state index >= 15 is 0 Å². The Labute approximate surface area is 153 Å². The van der Waals surface area contributed by atoms with Gasteiger partial charge in [0.25, 0.3) is 5.91 Å². The first-order valence-corrected chi connectivity index (χ1v) is 8.20. The molecule has 2 atom stereocenters. The third kappa shape index (κ3) is 3.38. The number of ether oxygens (including phenoxy) is 2. The van der Waals surface area contributed by atoms with Crippen LogP contribution in [-0.4, -0.2) is 46.6 Å². The summed E-state index contributed by atoms with van der Waals surface area (Å²) in [5, 5.41) is 2.32. The van der Waals surface area contributed by atoms with Gasteiger partial charge in [-0.05, 0) is 20.8 Å². The molecule has 0 aromatic heterocycles. The number of carbonyl (C=O) groups is 3. The maximum absolute atomic E-state index is 13.9. The molecule has 2 aliphatic heterocycles. The molecule has 2 aliphatic rings. The molecule has 27 heavy (non-hydrogen) atoms. The number of benzene rings is 1. The average molecular weight is 383 g/mol. The van der Waals surface area contributed by atoms with E-state index in [1.807, 2.05) is 0 Å². The van der Waals surface area contributed by atoms with Crippen molar-refractivity contribution in [3.8, 4) is 5.75 Å². The summed E-state index contributed by atoms with van der Waals surface area (Å²) < 4.78 is 38.3. The van der Waals surface area contributed by atoms with Crippen molar-refractivity contribution in [1.29, 1.82) is 0 Å². The number of halogens is 2. The van der Waals surface area contributed by atoms with Crippen LogP contribution in [0, 0.1) is 11.6 Å². The minimum Gasteiger partial charge on any atom is -0.473 e. The van der Waals surface area contributed by atoms with E-state index in [0.29, 0.717) is 6.07 Å². The first kappa shape index (κ1) is 18.9. The molecule has 0 saturated carbocycles. The first-order chi connectivity index (χ1) is 12.4. The van der Waals surface area contributed by atoms with Gasteiger partial charge in [-0.15, -0.1) is 0 Å². The van der Waals surface area contributed by atoms with Crippen molar-refractivity contribution >= 4 is 23.6 Å². The average Bonchev–Trinajstić information content (AvgIpc) is 2.89. The standard InChI is InChI=1S/C17H19F2N3O5/c1-16(2,3)27-15(25)22-7-17(6-10(22)13(20)23)14(24)21-12-9(19)4-8(18)5-11(12)26-17/h4-5,10H,6-7H2,1-3H3,(H2,20,23)(H,21,24)/t10-,17+/m0/s1. The van der Waals surface area contributed by atoms with Gasteiger partial charge in [0.1, 0.15) is 23.1 Å². The molecule has 2 heterocycles. The lowest BCUT2D eigenvalue weighted by Crippen LogP contribution is -2.53. The zero-order valence-corrected chi connectivity index (χ0v) is 15.0. The quantitative estimate of drug-likeness (QED) is 0.764. The number of likely N-dealkylation sites (tertiary alicyclic amines) is 1. The Morgan fingerprint density at radius 1 is 1.37 bits per heavy atom. The van der Waals surface area contributed by atoms with Gasteiger partial charge >= 0.3 is 6.09 Å². The summed E-state index contributed by atoms with van der Waals surface area (Å²) in [6.07, 6.45) is -1.12. The van der Waals surface area contributed by atoms with E-state index in [1.54, 1.807) is 20.8 Å². The van der Waals surface area contributed by atoms with E-state index in [4.69, 9.17) is 15.2 Å². The lowest BCUT2D eigenvalue weighted by Gasteiger charge is -2.34. The largest absolute Gasteiger partial charge is 0.473 e. The van der Waals surface area contributed by atoms with Gasteiger partial charge in [-0.2, -0.15) is 0 Å². The first-order valence-electron chi connectivity index (χ1n) is 8.20. The van der Waals surface area contributed by atoms with Crippen LogP contribution in [-0.2, 0) is 14.3 Å². The number of hydrogen-bond donors (Lipinski definition) is 2. The van der Waals surface area contributed by atoms with Gasteiger partial charge in [-0.1, -0.05) is 0 Å². The van der Waals surface area contributed by atoms with Gasteiger partial charge in [0, 0.05) is 18.6 Å². The molecule has 0 aliphatic carbocycles. The molecule has 0 unspecified atom stereocenters. The zero-order chi connectivity index (χ0) is 20.1. The highest BCUT2D eigenvalue weighted by Crippen LogP contribution is 2.42. The Morgan fingerprint density at radius 3 is 2.63 bits per heavy atom. The number of nitrogens with two attached hydrogens (primary N) is 1. The molecular formula is C17H19F2N3O5. The molecule has 10 heteroatoms. The summed E-state index contributed by atoms with van der Waals surface area (Å²) >= 11 is 0. The Bertz CT molecular complexity index is 839. The predicted molar refractivity (Wildman–Crippen MR) is 88.9 cm³/mol. The highest BCUT2D eigenvalue weighted by Gasteiger charge is 2.57. The van der Waals surface area contributed by atoms with E-state index in [9.17, 15) is 23.2 Å². The van der Waals surface area contributed by atoms with Gasteiger partial charge in [0.05, 0.1) is 6.54 Å².